The van der Waals surface area contributed by atoms with Crippen LogP contribution in [0.5, 0.6) is 5.75 Å². The lowest BCUT2D eigenvalue weighted by atomic mass is 10.1. The quantitative estimate of drug-likeness (QED) is 0.592. The van der Waals surface area contributed by atoms with Gasteiger partial charge in [0.25, 0.3) is 11.6 Å². The Hall–Kier alpha value is -2.11. The van der Waals surface area contributed by atoms with Gasteiger partial charge in [0.2, 0.25) is 0 Å². The van der Waals surface area contributed by atoms with E-state index in [1.165, 1.54) is 13.1 Å². The molecular weight excluding hydrogens is 212 g/mol. The van der Waals surface area contributed by atoms with Gasteiger partial charge in [-0.05, 0) is 6.07 Å². The number of nitrogens with zero attached hydrogens (tertiary/aromatic N) is 1. The molecule has 0 spiro atoms. The van der Waals surface area contributed by atoms with E-state index in [1.807, 2.05) is 13.8 Å². The summed E-state index contributed by atoms with van der Waals surface area (Å²) < 4.78 is 0. The average molecular weight is 226 g/mol. The fourth-order valence-electron chi connectivity index (χ4n) is 0.960. The van der Waals surface area contributed by atoms with Crippen LogP contribution in [-0.2, 0) is 0 Å². The van der Waals surface area contributed by atoms with Gasteiger partial charge in [0.05, 0.1) is 16.6 Å². The van der Waals surface area contributed by atoms with Gasteiger partial charge in [-0.3, -0.25) is 14.9 Å². The second kappa shape index (κ2) is 6.39. The number of phenolic OH excluding ortho intramolecular Hbond substituents is 1. The SMILES string of the molecule is CC.CNC(=O)c1ccc([N+](=O)[O-])cc1O. The molecule has 0 unspecified atom stereocenters. The van der Waals surface area contributed by atoms with E-state index in [9.17, 15) is 20.0 Å². The van der Waals surface area contributed by atoms with Crippen molar-refractivity contribution < 1.29 is 14.8 Å². The highest BCUT2D eigenvalue weighted by Gasteiger charge is 2.13. The second-order valence-electron chi connectivity index (χ2n) is 2.54. The third kappa shape index (κ3) is 3.23. The van der Waals surface area contributed by atoms with Crippen LogP contribution in [0.25, 0.3) is 0 Å². The molecule has 1 aromatic rings. The molecule has 0 atom stereocenters. The molecule has 1 amide bonds. The number of non-ortho nitro benzene ring substituents is 1. The van der Waals surface area contributed by atoms with Gasteiger partial charge >= 0.3 is 0 Å². The number of nitro benzene ring substituents is 1. The number of nitrogens with one attached hydrogen (secondary N) is 1. The summed E-state index contributed by atoms with van der Waals surface area (Å²) in [4.78, 5) is 20.7. The van der Waals surface area contributed by atoms with E-state index in [4.69, 9.17) is 0 Å². The number of rotatable bonds is 2. The molecule has 0 fully saturated rings. The molecule has 6 nitrogen and oxygen atoms in total. The van der Waals surface area contributed by atoms with Crippen LogP contribution in [-0.4, -0.2) is 23.0 Å². The second-order valence-corrected chi connectivity index (χ2v) is 2.54. The zero-order chi connectivity index (χ0) is 12.7. The fraction of sp³-hybridized carbons (Fsp3) is 0.300. The van der Waals surface area contributed by atoms with E-state index in [-0.39, 0.29) is 11.3 Å². The van der Waals surface area contributed by atoms with E-state index >= 15 is 0 Å². The van der Waals surface area contributed by atoms with E-state index in [0.29, 0.717) is 0 Å². The number of carbonyl (C=O) groups excluding carboxylic acids is 1. The number of hydrogen-bond acceptors (Lipinski definition) is 4. The molecule has 6 heteroatoms. The molecule has 0 aliphatic carbocycles. The summed E-state index contributed by atoms with van der Waals surface area (Å²) in [6.45, 7) is 4.00. The van der Waals surface area contributed by atoms with Crippen LogP contribution in [0.3, 0.4) is 0 Å². The van der Waals surface area contributed by atoms with Crippen molar-refractivity contribution in [3.8, 4) is 5.75 Å². The summed E-state index contributed by atoms with van der Waals surface area (Å²) in [5.41, 5.74) is -0.242. The summed E-state index contributed by atoms with van der Waals surface area (Å²) in [5, 5.41) is 21.9. The summed E-state index contributed by atoms with van der Waals surface area (Å²) in [7, 11) is 1.41. The predicted molar refractivity (Wildman–Crippen MR) is 59.5 cm³/mol. The maximum Gasteiger partial charge on any atom is 0.273 e. The lowest BCUT2D eigenvalue weighted by Gasteiger charge is -2.01. The normalized spacial score (nSPS) is 8.69. The smallest absolute Gasteiger partial charge is 0.273 e. The summed E-state index contributed by atoms with van der Waals surface area (Å²) in [6, 6.07) is 3.29. The van der Waals surface area contributed by atoms with Crippen molar-refractivity contribution >= 4 is 11.6 Å². The Labute approximate surface area is 93.1 Å². The van der Waals surface area contributed by atoms with Crippen molar-refractivity contribution in [2.75, 3.05) is 7.05 Å². The van der Waals surface area contributed by atoms with Crippen molar-refractivity contribution in [3.05, 3.63) is 33.9 Å². The number of phenols is 1. The standard InChI is InChI=1S/C8H8N2O4.C2H6/c1-9-8(12)6-3-2-5(10(13)14)4-7(6)11;1-2/h2-4,11H,1H3,(H,9,12);1-2H3. The number of hydrogen-bond donors (Lipinski definition) is 2. The van der Waals surface area contributed by atoms with Gasteiger partial charge in [0, 0.05) is 13.1 Å². The average Bonchev–Trinajstić information content (AvgIpc) is 2.30. The molecule has 0 bridgehead atoms. The zero-order valence-electron chi connectivity index (χ0n) is 9.35. The molecule has 1 rings (SSSR count). The highest BCUT2D eigenvalue weighted by molar-refractivity contribution is 5.96. The van der Waals surface area contributed by atoms with Gasteiger partial charge < -0.3 is 10.4 Å². The van der Waals surface area contributed by atoms with E-state index < -0.39 is 16.6 Å². The number of carbonyl (C=O) groups is 1. The highest BCUT2D eigenvalue weighted by atomic mass is 16.6. The maximum atomic E-state index is 11.1. The third-order valence-corrected chi connectivity index (χ3v) is 1.66. The Bertz CT molecular complexity index is 390. The third-order valence-electron chi connectivity index (χ3n) is 1.66. The Morgan fingerprint density at radius 1 is 1.44 bits per heavy atom. The number of nitro groups is 1. The van der Waals surface area contributed by atoms with Crippen molar-refractivity contribution in [2.45, 2.75) is 13.8 Å². The molecule has 0 aliphatic rings. The van der Waals surface area contributed by atoms with Crippen LogP contribution in [0, 0.1) is 10.1 Å². The Morgan fingerprint density at radius 2 is 2.00 bits per heavy atom. The Balaban J connectivity index is 0.00000106. The van der Waals surface area contributed by atoms with Gasteiger partial charge in [0.1, 0.15) is 5.75 Å². The molecule has 2 N–H and O–H groups in total. The van der Waals surface area contributed by atoms with Crippen molar-refractivity contribution in [1.82, 2.24) is 5.32 Å². The molecule has 0 heterocycles. The molecule has 0 radical (unpaired) electrons. The first kappa shape index (κ1) is 13.9. The first-order valence-corrected chi connectivity index (χ1v) is 4.75. The highest BCUT2D eigenvalue weighted by Crippen LogP contribution is 2.22. The predicted octanol–water partition coefficient (Wildman–Crippen LogP) is 1.69. The van der Waals surface area contributed by atoms with E-state index in [2.05, 4.69) is 5.32 Å². The maximum absolute atomic E-state index is 11.1. The number of aromatic hydroxyl groups is 1. The van der Waals surface area contributed by atoms with Crippen LogP contribution >= 0.6 is 0 Å². The first-order chi connectivity index (χ1) is 7.56. The molecule has 0 saturated heterocycles. The monoisotopic (exact) mass is 226 g/mol. The lowest BCUT2D eigenvalue weighted by Crippen LogP contribution is -2.17. The Morgan fingerprint density at radius 3 is 2.38 bits per heavy atom. The van der Waals surface area contributed by atoms with Crippen LogP contribution < -0.4 is 5.32 Å². The van der Waals surface area contributed by atoms with E-state index in [0.717, 1.165) is 12.1 Å². The van der Waals surface area contributed by atoms with Gasteiger partial charge in [-0.2, -0.15) is 0 Å². The van der Waals surface area contributed by atoms with E-state index in [1.54, 1.807) is 0 Å². The first-order valence-electron chi connectivity index (χ1n) is 4.75. The van der Waals surface area contributed by atoms with Crippen molar-refractivity contribution in [3.63, 3.8) is 0 Å². The van der Waals surface area contributed by atoms with Crippen LogP contribution in [0.15, 0.2) is 18.2 Å². The Kier molecular flexibility index (Phi) is 5.55. The van der Waals surface area contributed by atoms with Gasteiger partial charge in [-0.1, -0.05) is 13.8 Å². The molecule has 0 aliphatic heterocycles. The summed E-state index contributed by atoms with van der Waals surface area (Å²) >= 11 is 0. The lowest BCUT2D eigenvalue weighted by molar-refractivity contribution is -0.384. The molecule has 0 aromatic heterocycles. The van der Waals surface area contributed by atoms with Gasteiger partial charge in [-0.25, -0.2) is 0 Å². The molecule has 0 saturated carbocycles. The van der Waals surface area contributed by atoms with Gasteiger partial charge in [0.15, 0.2) is 0 Å². The topological polar surface area (TPSA) is 92.5 Å². The van der Waals surface area contributed by atoms with Crippen LogP contribution in [0.4, 0.5) is 5.69 Å². The molecule has 88 valence electrons. The zero-order valence-corrected chi connectivity index (χ0v) is 9.35. The molecule has 16 heavy (non-hydrogen) atoms. The number of amides is 1. The minimum atomic E-state index is -0.645. The summed E-state index contributed by atoms with van der Waals surface area (Å²) in [5.74, 6) is -0.893. The minimum Gasteiger partial charge on any atom is -0.507 e. The van der Waals surface area contributed by atoms with Gasteiger partial charge in [-0.15, -0.1) is 0 Å². The van der Waals surface area contributed by atoms with Crippen LogP contribution in [0.2, 0.25) is 0 Å². The molecular formula is C10H14N2O4. The largest absolute Gasteiger partial charge is 0.507 e. The fourth-order valence-corrected chi connectivity index (χ4v) is 0.960. The number of benzene rings is 1. The van der Waals surface area contributed by atoms with Crippen molar-refractivity contribution in [2.24, 2.45) is 0 Å². The minimum absolute atomic E-state index is 0.0121. The van der Waals surface area contributed by atoms with Crippen LogP contribution in [0.1, 0.15) is 24.2 Å². The van der Waals surface area contributed by atoms with Crippen molar-refractivity contribution in [1.29, 1.82) is 0 Å². The summed E-state index contributed by atoms with van der Waals surface area (Å²) in [6.07, 6.45) is 0. The molecule has 1 aromatic carbocycles.